The lowest BCUT2D eigenvalue weighted by Gasteiger charge is -2.41. The largest absolute Gasteiger partial charge is 0.396 e. The summed E-state index contributed by atoms with van der Waals surface area (Å²) in [4.78, 5) is 55.6. The molecule has 1 unspecified atom stereocenters. The molecule has 2 amide bonds. The predicted octanol–water partition coefficient (Wildman–Crippen LogP) is 6.90. The van der Waals surface area contributed by atoms with Crippen molar-refractivity contribution in [1.82, 2.24) is 19.9 Å². The van der Waals surface area contributed by atoms with Crippen molar-refractivity contribution < 1.29 is 33.8 Å². The average molecular weight is 817 g/mol. The highest BCUT2D eigenvalue weighted by Gasteiger charge is 2.31. The molecule has 2 aliphatic heterocycles. The lowest BCUT2D eigenvalue weighted by Crippen LogP contribution is -2.52. The molecule has 2 aromatic carbocycles. The van der Waals surface area contributed by atoms with E-state index in [4.69, 9.17) is 14.6 Å². The molecule has 316 valence electrons. The number of carbonyl (C=O) groups is 4. The number of amides is 2. The van der Waals surface area contributed by atoms with Crippen molar-refractivity contribution in [2.75, 3.05) is 43.1 Å². The Hall–Kier alpha value is -5.50. The summed E-state index contributed by atoms with van der Waals surface area (Å²) in [5.41, 5.74) is 6.66. The van der Waals surface area contributed by atoms with Gasteiger partial charge in [-0.3, -0.25) is 29.5 Å². The van der Waals surface area contributed by atoms with E-state index in [1.54, 1.807) is 12.1 Å². The Balaban J connectivity index is 0.000000151. The number of hydrogen-bond acceptors (Lipinski definition) is 11. The van der Waals surface area contributed by atoms with Crippen LogP contribution in [0.3, 0.4) is 0 Å². The number of aromatic nitrogens is 3. The van der Waals surface area contributed by atoms with Crippen molar-refractivity contribution >= 4 is 56.7 Å². The Morgan fingerprint density at radius 3 is 2.22 bits per heavy atom. The lowest BCUT2D eigenvalue weighted by molar-refractivity contribution is -0.135. The quantitative estimate of drug-likeness (QED) is 0.0682. The van der Waals surface area contributed by atoms with Gasteiger partial charge in [-0.1, -0.05) is 19.1 Å². The van der Waals surface area contributed by atoms with Crippen molar-refractivity contribution in [3.8, 4) is 11.1 Å². The standard InChI is InChI=1S/C21H20N4.C20H27NO5.C6H9NO2/c1-25-19-9-10-22-13-18(19)17-7-5-14(11-20(17)25)15-6-8-21(23-12-15)24-16-3-2-4-16;1-13(23)19-4-3-16(9-20(19)14(2)24)21-10-18(11-21)26-6-5-25-17-7-15(8-17)12-22;1-4-2-3-5(8)7-6(4)9/h5-13,16H,2-4H2,1H3,(H,23,24);3-4,9,15,17-18,22H,5-8,10-12H2,1-2H3;4H,2-3H2,1H3,(H,7,8,9). The summed E-state index contributed by atoms with van der Waals surface area (Å²) < 4.78 is 13.7. The van der Waals surface area contributed by atoms with E-state index >= 15 is 0 Å². The lowest BCUT2D eigenvalue weighted by atomic mass is 9.83. The van der Waals surface area contributed by atoms with Crippen molar-refractivity contribution in [2.45, 2.75) is 84.0 Å². The maximum absolute atomic E-state index is 11.8. The Kier molecular flexibility index (Phi) is 13.7. The Bertz CT molecular complexity index is 2330. The third kappa shape index (κ3) is 10.1. The molecule has 4 aliphatic rings. The Morgan fingerprint density at radius 1 is 0.850 bits per heavy atom. The maximum Gasteiger partial charge on any atom is 0.229 e. The number of ketones is 2. The summed E-state index contributed by atoms with van der Waals surface area (Å²) in [6.07, 6.45) is 13.1. The molecule has 60 heavy (non-hydrogen) atoms. The van der Waals surface area contributed by atoms with Gasteiger partial charge in [-0.25, -0.2) is 4.98 Å². The zero-order chi connectivity index (χ0) is 42.3. The number of nitrogens with zero attached hydrogens (tertiary/aromatic N) is 4. The first-order chi connectivity index (χ1) is 29.0. The number of aryl methyl sites for hydroxylation is 1. The molecule has 9 rings (SSSR count). The van der Waals surface area contributed by atoms with Gasteiger partial charge in [0.25, 0.3) is 0 Å². The number of nitrogens with one attached hydrogen (secondary N) is 2. The molecule has 2 aliphatic carbocycles. The molecule has 0 spiro atoms. The first-order valence-corrected chi connectivity index (χ1v) is 21.1. The van der Waals surface area contributed by atoms with Crippen molar-refractivity contribution in [2.24, 2.45) is 18.9 Å². The van der Waals surface area contributed by atoms with E-state index in [0.717, 1.165) is 43.0 Å². The minimum absolute atomic E-state index is 0.0164. The van der Waals surface area contributed by atoms with Gasteiger partial charge in [0, 0.05) is 102 Å². The van der Waals surface area contributed by atoms with E-state index in [0.29, 0.717) is 49.1 Å². The van der Waals surface area contributed by atoms with Crippen LogP contribution in [0.1, 0.15) is 86.4 Å². The highest BCUT2D eigenvalue weighted by atomic mass is 16.5. The van der Waals surface area contributed by atoms with Crippen molar-refractivity contribution in [3.63, 3.8) is 0 Å². The second-order valence-electron chi connectivity index (χ2n) is 16.5. The summed E-state index contributed by atoms with van der Waals surface area (Å²) in [6.45, 7) is 7.74. The molecule has 0 radical (unpaired) electrons. The topological polar surface area (TPSA) is 165 Å². The molecule has 1 atom stereocenters. The normalized spacial score (nSPS) is 20.1. The van der Waals surface area contributed by atoms with Crippen LogP contribution in [0.4, 0.5) is 11.5 Å². The summed E-state index contributed by atoms with van der Waals surface area (Å²) in [6, 6.07) is 18.9. The van der Waals surface area contributed by atoms with Gasteiger partial charge in [0.15, 0.2) is 11.6 Å². The molecule has 2 saturated carbocycles. The number of Topliss-reactive ketones (excluding diaryl/α,β-unsaturated/α-hetero) is 2. The molecule has 5 heterocycles. The summed E-state index contributed by atoms with van der Waals surface area (Å²) in [5, 5.41) is 17.2. The number of anilines is 2. The highest BCUT2D eigenvalue weighted by molar-refractivity contribution is 6.09. The van der Waals surface area contributed by atoms with Crippen LogP contribution in [0.15, 0.2) is 73.2 Å². The monoisotopic (exact) mass is 816 g/mol. The van der Waals surface area contributed by atoms with Gasteiger partial charge in [-0.05, 0) is 106 Å². The van der Waals surface area contributed by atoms with Gasteiger partial charge in [0.05, 0.1) is 30.9 Å². The fourth-order valence-corrected chi connectivity index (χ4v) is 7.92. The van der Waals surface area contributed by atoms with Crippen LogP contribution in [0, 0.1) is 11.8 Å². The summed E-state index contributed by atoms with van der Waals surface area (Å²) in [5.74, 6) is 0.943. The molecule has 5 aromatic rings. The minimum atomic E-state index is -0.141. The molecule has 13 heteroatoms. The van der Waals surface area contributed by atoms with Crippen molar-refractivity contribution in [3.05, 3.63) is 84.3 Å². The molecule has 4 fully saturated rings. The number of carbonyl (C=O) groups excluding carboxylic acids is 4. The SMILES string of the molecule is CC(=O)c1ccc(N2CC(OCCOC3CC(CO)C3)C2)cc1C(C)=O.CC1CCC(=O)NC1=O.Cn1c2ccncc2c2ccc(-c3ccc(NC4CCC4)nc3)cc21. The summed E-state index contributed by atoms with van der Waals surface area (Å²) >= 11 is 0. The fraction of sp³-hybridized carbons (Fsp3) is 0.447. The zero-order valence-electron chi connectivity index (χ0n) is 35.0. The smallest absolute Gasteiger partial charge is 0.229 e. The molecule has 0 bridgehead atoms. The number of imide groups is 1. The van der Waals surface area contributed by atoms with E-state index in [2.05, 4.69) is 73.5 Å². The average Bonchev–Trinajstić information content (AvgIpc) is 3.48. The van der Waals surface area contributed by atoms with E-state index in [1.807, 2.05) is 31.6 Å². The van der Waals surface area contributed by atoms with Crippen LogP contribution >= 0.6 is 0 Å². The van der Waals surface area contributed by atoms with Crippen molar-refractivity contribution in [1.29, 1.82) is 0 Å². The number of benzene rings is 2. The van der Waals surface area contributed by atoms with Crippen LogP contribution in [-0.4, -0.2) is 94.2 Å². The third-order valence-electron chi connectivity index (χ3n) is 12.1. The van der Waals surface area contributed by atoms with Crippen LogP contribution in [0.5, 0.6) is 0 Å². The van der Waals surface area contributed by atoms with E-state index < -0.39 is 0 Å². The Morgan fingerprint density at radius 2 is 1.58 bits per heavy atom. The fourth-order valence-electron chi connectivity index (χ4n) is 7.92. The second kappa shape index (κ2) is 19.3. The van der Waals surface area contributed by atoms with Gasteiger partial charge in [0.2, 0.25) is 11.8 Å². The minimum Gasteiger partial charge on any atom is -0.396 e. The van der Waals surface area contributed by atoms with E-state index in [9.17, 15) is 19.2 Å². The van der Waals surface area contributed by atoms with Crippen LogP contribution in [-0.2, 0) is 26.1 Å². The number of hydrogen-bond donors (Lipinski definition) is 3. The van der Waals surface area contributed by atoms with Crippen LogP contribution in [0.25, 0.3) is 32.9 Å². The summed E-state index contributed by atoms with van der Waals surface area (Å²) in [7, 11) is 2.11. The van der Waals surface area contributed by atoms with Crippen LogP contribution in [0.2, 0.25) is 0 Å². The second-order valence-corrected chi connectivity index (χ2v) is 16.5. The predicted molar refractivity (Wildman–Crippen MR) is 232 cm³/mol. The maximum atomic E-state index is 11.8. The van der Waals surface area contributed by atoms with Gasteiger partial charge >= 0.3 is 0 Å². The van der Waals surface area contributed by atoms with Gasteiger partial charge in [0.1, 0.15) is 5.82 Å². The molecule has 13 nitrogen and oxygen atoms in total. The highest BCUT2D eigenvalue weighted by Crippen LogP contribution is 2.32. The Labute approximate surface area is 350 Å². The van der Waals surface area contributed by atoms with Gasteiger partial charge in [-0.15, -0.1) is 0 Å². The third-order valence-corrected chi connectivity index (χ3v) is 12.1. The number of aliphatic hydroxyl groups excluding tert-OH is 1. The number of piperidine rings is 1. The van der Waals surface area contributed by atoms with Crippen LogP contribution < -0.4 is 15.5 Å². The number of aliphatic hydroxyl groups is 1. The molecule has 3 N–H and O–H groups in total. The molecular formula is C47H56N6O7. The number of ether oxygens (including phenoxy) is 2. The number of rotatable bonds is 12. The molecule has 3 aromatic heterocycles. The molecular weight excluding hydrogens is 761 g/mol. The van der Waals surface area contributed by atoms with E-state index in [-0.39, 0.29) is 48.1 Å². The first kappa shape index (κ1) is 42.6. The van der Waals surface area contributed by atoms with Gasteiger partial charge < -0.3 is 29.4 Å². The van der Waals surface area contributed by atoms with Gasteiger partial charge in [-0.2, -0.15) is 0 Å². The number of fused-ring (bicyclic) bond motifs is 3. The first-order valence-electron chi connectivity index (χ1n) is 21.1. The molecule has 2 saturated heterocycles. The number of pyridine rings is 2. The zero-order valence-corrected chi connectivity index (χ0v) is 35.0. The van der Waals surface area contributed by atoms with E-state index in [1.165, 1.54) is 60.5 Å².